The van der Waals surface area contributed by atoms with Gasteiger partial charge in [0.25, 0.3) is 0 Å². The first kappa shape index (κ1) is 13.4. The lowest BCUT2D eigenvalue weighted by molar-refractivity contribution is 0.699. The molecule has 0 unspecified atom stereocenters. The highest BCUT2D eigenvalue weighted by molar-refractivity contribution is 9.10. The predicted octanol–water partition coefficient (Wildman–Crippen LogP) is 5.11. The lowest BCUT2D eigenvalue weighted by Gasteiger charge is -2.06. The van der Waals surface area contributed by atoms with Gasteiger partial charge in [-0.15, -0.1) is 11.3 Å². The first-order valence-electron chi connectivity index (χ1n) is 5.03. The molecule has 0 fully saturated rings. The average Bonchev–Trinajstić information content (AvgIpc) is 2.70. The topological polar surface area (TPSA) is 12.0 Å². The summed E-state index contributed by atoms with van der Waals surface area (Å²) >= 11 is 17.2. The molecule has 1 nitrogen and oxygen atoms in total. The number of hydrogen-bond acceptors (Lipinski definition) is 2. The van der Waals surface area contributed by atoms with Crippen LogP contribution < -0.4 is 5.32 Å². The van der Waals surface area contributed by atoms with Crippen molar-refractivity contribution < 1.29 is 0 Å². The van der Waals surface area contributed by atoms with E-state index in [-0.39, 0.29) is 0 Å². The van der Waals surface area contributed by atoms with Crippen molar-refractivity contribution in [2.75, 3.05) is 0 Å². The van der Waals surface area contributed by atoms with Crippen molar-refractivity contribution in [2.24, 2.45) is 0 Å². The van der Waals surface area contributed by atoms with Crippen LogP contribution in [-0.2, 0) is 13.1 Å². The van der Waals surface area contributed by atoms with Gasteiger partial charge in [-0.2, -0.15) is 0 Å². The smallest absolute Gasteiger partial charge is 0.0451 e. The zero-order chi connectivity index (χ0) is 12.3. The molecule has 17 heavy (non-hydrogen) atoms. The Hall–Kier alpha value is -0.0600. The second-order valence-corrected chi connectivity index (χ2v) is 6.23. The van der Waals surface area contributed by atoms with Gasteiger partial charge in [-0.1, -0.05) is 23.2 Å². The van der Waals surface area contributed by atoms with Crippen LogP contribution in [0.5, 0.6) is 0 Å². The van der Waals surface area contributed by atoms with Gasteiger partial charge in [0.05, 0.1) is 0 Å². The molecule has 0 saturated carbocycles. The summed E-state index contributed by atoms with van der Waals surface area (Å²) in [6.45, 7) is 1.53. The minimum atomic E-state index is 0.712. The maximum atomic E-state index is 6.08. The molecule has 0 spiro atoms. The molecule has 5 heteroatoms. The molecule has 2 rings (SSSR count). The van der Waals surface area contributed by atoms with Crippen LogP contribution in [0.15, 0.2) is 34.1 Å². The Bertz CT molecular complexity index is 513. The highest BCUT2D eigenvalue weighted by Crippen LogP contribution is 2.23. The van der Waals surface area contributed by atoms with Crippen LogP contribution in [0.3, 0.4) is 0 Å². The number of hydrogen-bond donors (Lipinski definition) is 1. The summed E-state index contributed by atoms with van der Waals surface area (Å²) < 4.78 is 1.15. The van der Waals surface area contributed by atoms with Crippen molar-refractivity contribution >= 4 is 50.5 Å². The second kappa shape index (κ2) is 6.21. The molecular weight excluding hydrogens is 341 g/mol. The van der Waals surface area contributed by atoms with Crippen molar-refractivity contribution in [2.45, 2.75) is 13.1 Å². The fourth-order valence-electron chi connectivity index (χ4n) is 1.44. The van der Waals surface area contributed by atoms with Gasteiger partial charge in [0.15, 0.2) is 0 Å². The third kappa shape index (κ3) is 3.70. The van der Waals surface area contributed by atoms with Gasteiger partial charge in [0.2, 0.25) is 0 Å². The molecule has 1 N–H and O–H groups in total. The highest BCUT2D eigenvalue weighted by Gasteiger charge is 2.03. The number of halogens is 3. The van der Waals surface area contributed by atoms with Crippen molar-refractivity contribution in [3.05, 3.63) is 54.6 Å². The summed E-state index contributed by atoms with van der Waals surface area (Å²) in [5, 5.41) is 6.87. The molecule has 0 bridgehead atoms. The van der Waals surface area contributed by atoms with Gasteiger partial charge >= 0.3 is 0 Å². The predicted molar refractivity (Wildman–Crippen MR) is 79.0 cm³/mol. The van der Waals surface area contributed by atoms with Crippen LogP contribution in [0.4, 0.5) is 0 Å². The zero-order valence-electron chi connectivity index (χ0n) is 8.84. The molecule has 0 saturated heterocycles. The summed E-state index contributed by atoms with van der Waals surface area (Å²) in [6, 6.07) is 7.56. The van der Waals surface area contributed by atoms with E-state index in [0.717, 1.165) is 21.6 Å². The molecule has 2 aromatic rings. The zero-order valence-corrected chi connectivity index (χ0v) is 12.8. The minimum Gasteiger partial charge on any atom is -0.308 e. The van der Waals surface area contributed by atoms with Crippen LogP contribution >= 0.6 is 50.5 Å². The number of rotatable bonds is 4. The molecule has 0 atom stereocenters. The Labute approximate surface area is 123 Å². The van der Waals surface area contributed by atoms with Crippen LogP contribution in [-0.4, -0.2) is 0 Å². The molecule has 1 heterocycles. The number of benzene rings is 1. The molecule has 0 aliphatic heterocycles. The van der Waals surface area contributed by atoms with Crippen LogP contribution in [0, 0.1) is 0 Å². The van der Waals surface area contributed by atoms with Gasteiger partial charge in [-0.05, 0) is 51.1 Å². The normalized spacial score (nSPS) is 10.8. The quantitative estimate of drug-likeness (QED) is 0.808. The Balaban J connectivity index is 1.94. The molecule has 0 radical (unpaired) electrons. The Morgan fingerprint density at radius 2 is 2.00 bits per heavy atom. The molecule has 1 aromatic heterocycles. The van der Waals surface area contributed by atoms with Gasteiger partial charge in [0, 0.05) is 32.5 Å². The Morgan fingerprint density at radius 3 is 2.71 bits per heavy atom. The monoisotopic (exact) mass is 349 g/mol. The molecule has 0 aliphatic carbocycles. The largest absolute Gasteiger partial charge is 0.308 e. The Kier molecular flexibility index (Phi) is 4.88. The van der Waals surface area contributed by atoms with E-state index < -0.39 is 0 Å². The lowest BCUT2D eigenvalue weighted by atomic mass is 10.2. The molecular formula is C12H10BrCl2NS. The third-order valence-electron chi connectivity index (χ3n) is 2.30. The van der Waals surface area contributed by atoms with Crippen LogP contribution in [0.1, 0.15) is 10.4 Å². The van der Waals surface area contributed by atoms with Crippen LogP contribution in [0.25, 0.3) is 0 Å². The van der Waals surface area contributed by atoms with E-state index in [9.17, 15) is 0 Å². The van der Waals surface area contributed by atoms with E-state index in [1.54, 1.807) is 17.4 Å². The standard InChI is InChI=1S/C12H10BrCl2NS/c13-10-3-4-17-12(10)7-16-6-8-5-9(14)1-2-11(8)15/h1-5,16H,6-7H2. The van der Waals surface area contributed by atoms with Gasteiger partial charge in [-0.3, -0.25) is 0 Å². The summed E-state index contributed by atoms with van der Waals surface area (Å²) in [7, 11) is 0. The van der Waals surface area contributed by atoms with Gasteiger partial charge in [-0.25, -0.2) is 0 Å². The summed E-state index contributed by atoms with van der Waals surface area (Å²) in [6.07, 6.45) is 0. The molecule has 0 amide bonds. The molecule has 1 aromatic carbocycles. The van der Waals surface area contributed by atoms with E-state index in [1.165, 1.54) is 4.88 Å². The maximum Gasteiger partial charge on any atom is 0.0451 e. The van der Waals surface area contributed by atoms with Crippen molar-refractivity contribution in [3.8, 4) is 0 Å². The van der Waals surface area contributed by atoms with Gasteiger partial charge in [0.1, 0.15) is 0 Å². The van der Waals surface area contributed by atoms with E-state index in [1.807, 2.05) is 18.2 Å². The highest BCUT2D eigenvalue weighted by atomic mass is 79.9. The molecule has 90 valence electrons. The van der Waals surface area contributed by atoms with Crippen molar-refractivity contribution in [1.29, 1.82) is 0 Å². The van der Waals surface area contributed by atoms with E-state index >= 15 is 0 Å². The minimum absolute atomic E-state index is 0.712. The van der Waals surface area contributed by atoms with Crippen LogP contribution in [0.2, 0.25) is 10.0 Å². The van der Waals surface area contributed by atoms with E-state index in [0.29, 0.717) is 11.6 Å². The summed E-state index contributed by atoms with van der Waals surface area (Å²) in [5.41, 5.74) is 1.02. The van der Waals surface area contributed by atoms with E-state index in [4.69, 9.17) is 23.2 Å². The fourth-order valence-corrected chi connectivity index (χ4v) is 3.28. The van der Waals surface area contributed by atoms with Crippen molar-refractivity contribution in [1.82, 2.24) is 5.32 Å². The van der Waals surface area contributed by atoms with Crippen molar-refractivity contribution in [3.63, 3.8) is 0 Å². The number of nitrogens with one attached hydrogen (secondary N) is 1. The number of thiophene rings is 1. The second-order valence-electron chi connectivity index (χ2n) is 3.53. The summed E-state index contributed by atoms with van der Waals surface area (Å²) in [5.74, 6) is 0. The molecule has 0 aliphatic rings. The first-order chi connectivity index (χ1) is 8.16. The van der Waals surface area contributed by atoms with Gasteiger partial charge < -0.3 is 5.32 Å². The summed E-state index contributed by atoms with van der Waals surface area (Å²) in [4.78, 5) is 1.28. The fraction of sp³-hybridized carbons (Fsp3) is 0.167. The van der Waals surface area contributed by atoms with E-state index in [2.05, 4.69) is 26.6 Å². The maximum absolute atomic E-state index is 6.08. The third-order valence-corrected chi connectivity index (χ3v) is 4.83. The first-order valence-corrected chi connectivity index (χ1v) is 7.46. The Morgan fingerprint density at radius 1 is 1.18 bits per heavy atom. The average molecular weight is 351 g/mol. The lowest BCUT2D eigenvalue weighted by Crippen LogP contribution is -2.12. The SMILES string of the molecule is Clc1ccc(Cl)c(CNCc2sccc2Br)c1.